The van der Waals surface area contributed by atoms with E-state index in [1.807, 2.05) is 12.2 Å². The second-order valence-corrected chi connectivity index (χ2v) is 17.5. The SMILES string of the molecule is Cc1cc2ccccc2[cH-]1.[C-]1=CC=CC1.[CH3-].[CH3-].[Si]=[Zr]([Cl])[Cl]. The van der Waals surface area contributed by atoms with Crippen LogP contribution in [0.25, 0.3) is 10.8 Å². The van der Waals surface area contributed by atoms with Gasteiger partial charge in [-0.3, -0.25) is 6.08 Å². The second-order valence-electron chi connectivity index (χ2n) is 3.93. The zero-order valence-electron chi connectivity index (χ0n) is 12.7. The van der Waals surface area contributed by atoms with Gasteiger partial charge >= 0.3 is 41.9 Å². The Morgan fingerprint density at radius 1 is 1.24 bits per heavy atom. The van der Waals surface area contributed by atoms with Gasteiger partial charge in [-0.05, 0) is 0 Å². The molecule has 2 radical (unpaired) electrons. The molecule has 0 aliphatic heterocycles. The Kier molecular flexibility index (Phi) is 15.1. The van der Waals surface area contributed by atoms with Crippen molar-refractivity contribution in [2.75, 3.05) is 0 Å². The number of aryl methyl sites for hydroxylation is 1. The average molecular weight is 415 g/mol. The second kappa shape index (κ2) is 13.6. The molecular formula is C17H20Cl2SiZr-4. The molecule has 114 valence electrons. The van der Waals surface area contributed by atoms with Gasteiger partial charge in [0.2, 0.25) is 0 Å². The first-order chi connectivity index (χ1) is 9.09. The van der Waals surface area contributed by atoms with Crippen molar-refractivity contribution in [3.05, 3.63) is 81.1 Å². The normalized spacial score (nSPS) is 10.4. The van der Waals surface area contributed by atoms with E-state index >= 15 is 0 Å². The average Bonchev–Trinajstić information content (AvgIpc) is 2.98. The number of fused-ring (bicyclic) bond motifs is 1. The van der Waals surface area contributed by atoms with Crippen molar-refractivity contribution in [3.8, 4) is 0 Å². The fourth-order valence-corrected chi connectivity index (χ4v) is 1.65. The van der Waals surface area contributed by atoms with E-state index in [-0.39, 0.29) is 14.9 Å². The van der Waals surface area contributed by atoms with Gasteiger partial charge in [-0.2, -0.15) is 12.1 Å². The molecule has 4 heteroatoms. The van der Waals surface area contributed by atoms with Crippen LogP contribution in [0.4, 0.5) is 0 Å². The van der Waals surface area contributed by atoms with E-state index in [9.17, 15) is 0 Å². The Labute approximate surface area is 146 Å². The van der Waals surface area contributed by atoms with Crippen molar-refractivity contribution in [3.63, 3.8) is 0 Å². The summed E-state index contributed by atoms with van der Waals surface area (Å²) in [5.41, 5.74) is 1.35. The quantitative estimate of drug-likeness (QED) is 0.363. The van der Waals surface area contributed by atoms with Gasteiger partial charge in [-0.1, -0.05) is 13.0 Å². The summed E-state index contributed by atoms with van der Waals surface area (Å²) < 4.78 is 0. The summed E-state index contributed by atoms with van der Waals surface area (Å²) in [7, 11) is 10.3. The molecule has 0 aromatic heterocycles. The van der Waals surface area contributed by atoms with Crippen molar-refractivity contribution >= 4 is 34.7 Å². The molecule has 0 unspecified atom stereocenters. The fourth-order valence-electron chi connectivity index (χ4n) is 1.65. The summed E-state index contributed by atoms with van der Waals surface area (Å²) in [5, 5.41) is 2.69. The number of rotatable bonds is 0. The first-order valence-electron chi connectivity index (χ1n) is 5.83. The van der Waals surface area contributed by atoms with E-state index in [0.717, 1.165) is 6.42 Å². The van der Waals surface area contributed by atoms with E-state index in [2.05, 4.69) is 62.4 Å². The maximum atomic E-state index is 5.15. The Balaban J connectivity index is 0. The maximum absolute atomic E-state index is 5.15. The molecular weight excluding hydrogens is 394 g/mol. The van der Waals surface area contributed by atoms with Gasteiger partial charge in [-0.15, -0.1) is 47.0 Å². The number of halogens is 2. The molecule has 0 nitrogen and oxygen atoms in total. The van der Waals surface area contributed by atoms with Crippen molar-refractivity contribution in [2.45, 2.75) is 13.3 Å². The van der Waals surface area contributed by atoms with E-state index in [4.69, 9.17) is 17.0 Å². The predicted octanol–water partition coefficient (Wildman–Crippen LogP) is 6.07. The van der Waals surface area contributed by atoms with Crippen molar-refractivity contribution in [2.24, 2.45) is 0 Å². The van der Waals surface area contributed by atoms with Crippen LogP contribution < -0.4 is 0 Å². The molecule has 1 aliphatic rings. The van der Waals surface area contributed by atoms with Crippen molar-refractivity contribution in [1.29, 1.82) is 0 Å². The first kappa shape index (κ1) is 23.3. The van der Waals surface area contributed by atoms with Gasteiger partial charge in [-0.25, -0.2) is 12.2 Å². The van der Waals surface area contributed by atoms with Crippen LogP contribution >= 0.6 is 17.0 Å². The summed E-state index contributed by atoms with van der Waals surface area (Å²) in [6.45, 7) is 5.16. The molecule has 21 heavy (non-hydrogen) atoms. The van der Waals surface area contributed by atoms with Gasteiger partial charge in [0.05, 0.1) is 0 Å². The first-order valence-corrected chi connectivity index (χ1v) is 16.3. The Morgan fingerprint density at radius 3 is 2.29 bits per heavy atom. The zero-order valence-corrected chi connectivity index (χ0v) is 17.6. The van der Waals surface area contributed by atoms with E-state index < -0.39 is 18.0 Å². The molecule has 0 heterocycles. The summed E-state index contributed by atoms with van der Waals surface area (Å²) >= 11 is -1.79. The number of benzene rings is 1. The third kappa shape index (κ3) is 11.2. The van der Waals surface area contributed by atoms with Gasteiger partial charge in [0, 0.05) is 0 Å². The van der Waals surface area contributed by atoms with Crippen molar-refractivity contribution < 1.29 is 18.0 Å². The summed E-state index contributed by atoms with van der Waals surface area (Å²) in [6.07, 6.45) is 10.0. The third-order valence-electron chi connectivity index (χ3n) is 2.35. The van der Waals surface area contributed by atoms with Crippen LogP contribution in [0.15, 0.2) is 54.6 Å². The topological polar surface area (TPSA) is 0 Å². The third-order valence-corrected chi connectivity index (χ3v) is 2.35. The van der Waals surface area contributed by atoms with E-state index in [0.29, 0.717) is 0 Å². The van der Waals surface area contributed by atoms with Gasteiger partial charge in [0.25, 0.3) is 0 Å². The molecule has 0 spiro atoms. The molecule has 0 fully saturated rings. The number of hydrogen-bond acceptors (Lipinski definition) is 0. The zero-order chi connectivity index (χ0) is 14.1. The minimum atomic E-state index is -1.79. The van der Waals surface area contributed by atoms with Crippen LogP contribution in [0.3, 0.4) is 0 Å². The Morgan fingerprint density at radius 2 is 1.86 bits per heavy atom. The van der Waals surface area contributed by atoms with Crippen LogP contribution in [-0.4, -0.2) is 6.88 Å². The Bertz CT molecular complexity index is 538. The molecule has 2 aromatic rings. The molecule has 0 N–H and O–H groups in total. The van der Waals surface area contributed by atoms with Crippen LogP contribution in [0, 0.1) is 27.9 Å². The fraction of sp³-hybridized carbons (Fsp3) is 0.118. The number of allylic oxidation sites excluding steroid dienone is 4. The molecule has 0 atom stereocenters. The van der Waals surface area contributed by atoms with E-state index in [1.165, 1.54) is 16.3 Å². The summed E-state index contributed by atoms with van der Waals surface area (Å²) in [4.78, 5) is 0. The predicted molar refractivity (Wildman–Crippen MR) is 96.1 cm³/mol. The summed E-state index contributed by atoms with van der Waals surface area (Å²) in [6, 6.07) is 12.8. The standard InChI is InChI=1S/C10H9.C5H5.2CH3.2ClH.Si.Zr/c1-8-6-9-4-2-3-5-10(9)7-8;1-2-4-5-3-1;;;;;;/h2-7H,1H3;1-3H,4H2;2*1H3;2*1H;;/q4*-1;;;;+2/p-2. The van der Waals surface area contributed by atoms with Crippen LogP contribution in [0.2, 0.25) is 0 Å². The molecule has 0 saturated heterocycles. The van der Waals surface area contributed by atoms with Gasteiger partial charge in [0.15, 0.2) is 0 Å². The van der Waals surface area contributed by atoms with Crippen LogP contribution in [-0.2, 0) is 18.0 Å². The van der Waals surface area contributed by atoms with Gasteiger partial charge < -0.3 is 14.9 Å². The van der Waals surface area contributed by atoms with Gasteiger partial charge in [0.1, 0.15) is 0 Å². The molecule has 0 bridgehead atoms. The molecule has 0 amide bonds. The van der Waals surface area contributed by atoms with Crippen molar-refractivity contribution in [1.82, 2.24) is 0 Å². The Hall–Kier alpha value is -0.01000. The van der Waals surface area contributed by atoms with E-state index in [1.54, 1.807) is 0 Å². The molecule has 0 saturated carbocycles. The molecule has 2 aromatic carbocycles. The monoisotopic (exact) mass is 412 g/mol. The molecule has 1 aliphatic carbocycles. The molecule has 3 rings (SSSR count). The number of hydrogen-bond donors (Lipinski definition) is 0. The van der Waals surface area contributed by atoms with Crippen LogP contribution in [0.5, 0.6) is 0 Å². The summed E-state index contributed by atoms with van der Waals surface area (Å²) in [5.74, 6) is 0. The van der Waals surface area contributed by atoms with Crippen LogP contribution in [0.1, 0.15) is 12.0 Å². The minimum absolute atomic E-state index is 0.